The SMILES string of the molecule is COCc1nccc(Oc2ccc(C)nc2)n1. The first kappa shape index (κ1) is 11.5. The summed E-state index contributed by atoms with van der Waals surface area (Å²) in [4.78, 5) is 12.4. The molecular formula is C12H13N3O2. The van der Waals surface area contributed by atoms with Crippen molar-refractivity contribution < 1.29 is 9.47 Å². The summed E-state index contributed by atoms with van der Waals surface area (Å²) in [7, 11) is 1.60. The average Bonchev–Trinajstić information content (AvgIpc) is 2.33. The molecule has 88 valence electrons. The molecule has 0 saturated heterocycles. The topological polar surface area (TPSA) is 57.1 Å². The van der Waals surface area contributed by atoms with E-state index in [0.29, 0.717) is 24.1 Å². The lowest BCUT2D eigenvalue weighted by Crippen LogP contribution is -1.98. The van der Waals surface area contributed by atoms with Gasteiger partial charge >= 0.3 is 0 Å². The summed E-state index contributed by atoms with van der Waals surface area (Å²) in [5.74, 6) is 1.72. The van der Waals surface area contributed by atoms with E-state index in [0.717, 1.165) is 5.69 Å². The van der Waals surface area contributed by atoms with Crippen LogP contribution in [-0.4, -0.2) is 22.1 Å². The van der Waals surface area contributed by atoms with Crippen LogP contribution in [0.1, 0.15) is 11.5 Å². The molecule has 5 heteroatoms. The number of ether oxygens (including phenoxy) is 2. The Morgan fingerprint density at radius 2 is 2.06 bits per heavy atom. The molecule has 0 aliphatic rings. The minimum atomic E-state index is 0.364. The quantitative estimate of drug-likeness (QED) is 0.806. The zero-order valence-corrected chi connectivity index (χ0v) is 9.75. The van der Waals surface area contributed by atoms with E-state index >= 15 is 0 Å². The standard InChI is InChI=1S/C12H13N3O2/c1-9-3-4-10(7-14-9)17-12-5-6-13-11(15-12)8-16-2/h3-7H,8H2,1-2H3. The summed E-state index contributed by atoms with van der Waals surface area (Å²) in [5.41, 5.74) is 0.945. The molecule has 0 fully saturated rings. The molecule has 0 saturated carbocycles. The van der Waals surface area contributed by atoms with Crippen molar-refractivity contribution in [2.75, 3.05) is 7.11 Å². The Hall–Kier alpha value is -2.01. The number of hydrogen-bond acceptors (Lipinski definition) is 5. The van der Waals surface area contributed by atoms with Gasteiger partial charge in [-0.1, -0.05) is 0 Å². The van der Waals surface area contributed by atoms with Gasteiger partial charge in [-0.3, -0.25) is 4.98 Å². The molecule has 17 heavy (non-hydrogen) atoms. The molecule has 0 N–H and O–H groups in total. The van der Waals surface area contributed by atoms with Crippen LogP contribution in [0.5, 0.6) is 11.6 Å². The van der Waals surface area contributed by atoms with Gasteiger partial charge in [-0.2, -0.15) is 4.98 Å². The molecule has 2 aromatic heterocycles. The predicted octanol–water partition coefficient (Wildman–Crippen LogP) is 2.12. The van der Waals surface area contributed by atoms with E-state index in [1.54, 1.807) is 25.6 Å². The Morgan fingerprint density at radius 1 is 1.18 bits per heavy atom. The molecule has 0 bridgehead atoms. The van der Waals surface area contributed by atoms with Crippen molar-refractivity contribution in [3.63, 3.8) is 0 Å². The minimum Gasteiger partial charge on any atom is -0.437 e. The number of aromatic nitrogens is 3. The lowest BCUT2D eigenvalue weighted by Gasteiger charge is -2.05. The molecule has 2 aromatic rings. The van der Waals surface area contributed by atoms with Gasteiger partial charge in [0.15, 0.2) is 5.82 Å². The Labute approximate surface area is 99.5 Å². The van der Waals surface area contributed by atoms with E-state index < -0.39 is 0 Å². The van der Waals surface area contributed by atoms with Crippen LogP contribution in [0.15, 0.2) is 30.6 Å². The van der Waals surface area contributed by atoms with Crippen molar-refractivity contribution in [1.29, 1.82) is 0 Å². The van der Waals surface area contributed by atoms with Gasteiger partial charge in [0, 0.05) is 25.1 Å². The Morgan fingerprint density at radius 3 is 2.76 bits per heavy atom. The predicted molar refractivity (Wildman–Crippen MR) is 61.8 cm³/mol. The number of rotatable bonds is 4. The van der Waals surface area contributed by atoms with Crippen molar-refractivity contribution in [1.82, 2.24) is 15.0 Å². The smallest absolute Gasteiger partial charge is 0.222 e. The highest BCUT2D eigenvalue weighted by Crippen LogP contribution is 2.17. The van der Waals surface area contributed by atoms with E-state index in [2.05, 4.69) is 15.0 Å². The maximum atomic E-state index is 5.55. The second-order valence-electron chi connectivity index (χ2n) is 3.48. The van der Waals surface area contributed by atoms with Gasteiger partial charge in [0.25, 0.3) is 0 Å². The number of hydrogen-bond donors (Lipinski definition) is 0. The minimum absolute atomic E-state index is 0.364. The highest BCUT2D eigenvalue weighted by atomic mass is 16.5. The average molecular weight is 231 g/mol. The van der Waals surface area contributed by atoms with Gasteiger partial charge in [-0.15, -0.1) is 0 Å². The second kappa shape index (κ2) is 5.36. The lowest BCUT2D eigenvalue weighted by atomic mass is 10.4. The molecule has 0 aromatic carbocycles. The highest BCUT2D eigenvalue weighted by Gasteiger charge is 2.01. The molecule has 0 amide bonds. The highest BCUT2D eigenvalue weighted by molar-refractivity contribution is 5.24. The van der Waals surface area contributed by atoms with Crippen molar-refractivity contribution in [2.45, 2.75) is 13.5 Å². The summed E-state index contributed by atoms with van der Waals surface area (Å²) in [6.07, 6.45) is 3.30. The fraction of sp³-hybridized carbons (Fsp3) is 0.250. The molecule has 0 radical (unpaired) electrons. The van der Waals surface area contributed by atoms with E-state index in [1.165, 1.54) is 0 Å². The van der Waals surface area contributed by atoms with Gasteiger partial charge in [0.05, 0.1) is 6.20 Å². The molecule has 0 atom stereocenters. The third-order valence-corrected chi connectivity index (χ3v) is 2.06. The van der Waals surface area contributed by atoms with Gasteiger partial charge in [0.2, 0.25) is 5.88 Å². The first-order valence-electron chi connectivity index (χ1n) is 5.19. The van der Waals surface area contributed by atoms with Crippen LogP contribution in [0.25, 0.3) is 0 Å². The maximum absolute atomic E-state index is 5.55. The largest absolute Gasteiger partial charge is 0.437 e. The van der Waals surface area contributed by atoms with Gasteiger partial charge < -0.3 is 9.47 Å². The van der Waals surface area contributed by atoms with Crippen LogP contribution in [0.4, 0.5) is 0 Å². The molecular weight excluding hydrogens is 218 g/mol. The number of pyridine rings is 1. The maximum Gasteiger partial charge on any atom is 0.222 e. The summed E-state index contributed by atoms with van der Waals surface area (Å²) < 4.78 is 10.5. The third kappa shape index (κ3) is 3.22. The second-order valence-corrected chi connectivity index (χ2v) is 3.48. The van der Waals surface area contributed by atoms with E-state index in [-0.39, 0.29) is 0 Å². The summed E-state index contributed by atoms with van der Waals surface area (Å²) in [6, 6.07) is 5.42. The van der Waals surface area contributed by atoms with E-state index in [4.69, 9.17) is 9.47 Å². The third-order valence-electron chi connectivity index (χ3n) is 2.06. The van der Waals surface area contributed by atoms with Crippen molar-refractivity contribution in [3.05, 3.63) is 42.1 Å². The normalized spacial score (nSPS) is 10.2. The first-order valence-corrected chi connectivity index (χ1v) is 5.19. The summed E-state index contributed by atoms with van der Waals surface area (Å²) in [5, 5.41) is 0. The van der Waals surface area contributed by atoms with Crippen LogP contribution in [-0.2, 0) is 11.3 Å². The fourth-order valence-corrected chi connectivity index (χ4v) is 1.27. The van der Waals surface area contributed by atoms with Gasteiger partial charge in [-0.05, 0) is 19.1 Å². The van der Waals surface area contributed by atoms with Crippen molar-refractivity contribution >= 4 is 0 Å². The Kier molecular flexibility index (Phi) is 3.62. The molecule has 0 aliphatic heterocycles. The molecule has 0 unspecified atom stereocenters. The van der Waals surface area contributed by atoms with E-state index in [9.17, 15) is 0 Å². The van der Waals surface area contributed by atoms with Crippen molar-refractivity contribution in [2.24, 2.45) is 0 Å². The Balaban J connectivity index is 2.12. The molecule has 0 aliphatic carbocycles. The molecule has 2 heterocycles. The van der Waals surface area contributed by atoms with Crippen LogP contribution in [0, 0.1) is 6.92 Å². The van der Waals surface area contributed by atoms with Crippen LogP contribution < -0.4 is 4.74 Å². The Bertz CT molecular complexity index is 485. The monoisotopic (exact) mass is 231 g/mol. The van der Waals surface area contributed by atoms with Gasteiger partial charge in [0.1, 0.15) is 12.4 Å². The van der Waals surface area contributed by atoms with Crippen LogP contribution in [0.3, 0.4) is 0 Å². The fourth-order valence-electron chi connectivity index (χ4n) is 1.27. The van der Waals surface area contributed by atoms with E-state index in [1.807, 2.05) is 19.1 Å². The zero-order valence-electron chi connectivity index (χ0n) is 9.75. The zero-order chi connectivity index (χ0) is 12.1. The molecule has 0 spiro atoms. The summed E-state index contributed by atoms with van der Waals surface area (Å²) >= 11 is 0. The molecule has 2 rings (SSSR count). The lowest BCUT2D eigenvalue weighted by molar-refractivity contribution is 0.177. The summed E-state index contributed by atoms with van der Waals surface area (Å²) in [6.45, 7) is 2.29. The first-order chi connectivity index (χ1) is 8.28. The van der Waals surface area contributed by atoms with Crippen LogP contribution in [0.2, 0.25) is 0 Å². The van der Waals surface area contributed by atoms with Crippen LogP contribution >= 0.6 is 0 Å². The van der Waals surface area contributed by atoms with Crippen molar-refractivity contribution in [3.8, 4) is 11.6 Å². The number of methoxy groups -OCH3 is 1. The number of nitrogens with zero attached hydrogens (tertiary/aromatic N) is 3. The molecule has 5 nitrogen and oxygen atoms in total. The number of aryl methyl sites for hydroxylation is 1. The van der Waals surface area contributed by atoms with Gasteiger partial charge in [-0.25, -0.2) is 4.98 Å².